The molecule has 1 fully saturated rings. The number of rotatable bonds is 10. The topological polar surface area (TPSA) is 92.3 Å². The van der Waals surface area contributed by atoms with E-state index < -0.39 is 26.0 Å². The molecule has 0 saturated carbocycles. The minimum atomic E-state index is -3.95. The maximum absolute atomic E-state index is 13.2. The van der Waals surface area contributed by atoms with Crippen molar-refractivity contribution in [2.45, 2.75) is 32.3 Å². The molecule has 1 aliphatic rings. The van der Waals surface area contributed by atoms with E-state index in [-0.39, 0.29) is 12.7 Å². The summed E-state index contributed by atoms with van der Waals surface area (Å²) in [7, 11) is -3.95. The monoisotopic (exact) mass is 385 g/mol. The van der Waals surface area contributed by atoms with Gasteiger partial charge in [-0.2, -0.15) is 5.09 Å². The minimum absolute atomic E-state index is 0.125. The molecule has 0 amide bonds. The molecule has 0 radical (unpaired) electrons. The van der Waals surface area contributed by atoms with Crippen LogP contribution in [0.5, 0.6) is 5.75 Å². The Bertz CT molecular complexity index is 631. The maximum atomic E-state index is 13.2. The van der Waals surface area contributed by atoms with Crippen LogP contribution < -0.4 is 9.61 Å². The van der Waals surface area contributed by atoms with E-state index in [0.29, 0.717) is 19.0 Å². The number of esters is 1. The van der Waals surface area contributed by atoms with E-state index in [2.05, 4.69) is 11.7 Å². The lowest BCUT2D eigenvalue weighted by Gasteiger charge is -2.24. The van der Waals surface area contributed by atoms with Crippen molar-refractivity contribution in [1.29, 1.82) is 0 Å². The fourth-order valence-corrected chi connectivity index (χ4v) is 3.50. The zero-order valence-corrected chi connectivity index (χ0v) is 15.7. The predicted octanol–water partition coefficient (Wildman–Crippen LogP) is 2.66. The second-order valence-corrected chi connectivity index (χ2v) is 7.39. The summed E-state index contributed by atoms with van der Waals surface area (Å²) in [6, 6.07) is 7.41. The SMILES string of the molecule is C=C[C@H](NP(=O)(OCC1OCCO1)Oc1ccccc1)C(=O)OC(C)C. The summed E-state index contributed by atoms with van der Waals surface area (Å²) >= 11 is 0. The normalized spacial score (nSPS) is 18.3. The molecule has 1 aromatic carbocycles. The van der Waals surface area contributed by atoms with Crippen LogP contribution in [-0.2, 0) is 28.1 Å². The van der Waals surface area contributed by atoms with Gasteiger partial charge in [0.05, 0.1) is 19.3 Å². The van der Waals surface area contributed by atoms with Gasteiger partial charge in [0, 0.05) is 0 Å². The number of benzene rings is 1. The molecule has 0 bridgehead atoms. The van der Waals surface area contributed by atoms with Crippen LogP contribution in [0.15, 0.2) is 43.0 Å². The third kappa shape index (κ3) is 6.55. The summed E-state index contributed by atoms with van der Waals surface area (Å²) in [5.74, 6) is -0.319. The van der Waals surface area contributed by atoms with Gasteiger partial charge in [0.15, 0.2) is 6.29 Å². The molecule has 144 valence electrons. The fraction of sp³-hybridized carbons (Fsp3) is 0.471. The Morgan fingerprint density at radius 2 is 2.00 bits per heavy atom. The minimum Gasteiger partial charge on any atom is -0.462 e. The smallest absolute Gasteiger partial charge is 0.459 e. The lowest BCUT2D eigenvalue weighted by atomic mass is 10.3. The highest BCUT2D eigenvalue weighted by Crippen LogP contribution is 2.45. The summed E-state index contributed by atoms with van der Waals surface area (Å²) in [5.41, 5.74) is 0. The third-order valence-electron chi connectivity index (χ3n) is 3.18. The molecular weight excluding hydrogens is 361 g/mol. The number of hydrogen-bond donors (Lipinski definition) is 1. The van der Waals surface area contributed by atoms with Crippen molar-refractivity contribution < 1.29 is 32.6 Å². The molecule has 1 aliphatic heterocycles. The van der Waals surface area contributed by atoms with Crippen LogP contribution in [-0.4, -0.2) is 44.2 Å². The number of hydrogen-bond acceptors (Lipinski definition) is 7. The van der Waals surface area contributed by atoms with Crippen LogP contribution in [0.25, 0.3) is 0 Å². The van der Waals surface area contributed by atoms with Crippen LogP contribution in [0.3, 0.4) is 0 Å². The molecule has 9 heteroatoms. The quantitative estimate of drug-likeness (QED) is 0.373. The molecule has 8 nitrogen and oxygen atoms in total. The highest BCUT2D eigenvalue weighted by Gasteiger charge is 2.35. The molecule has 1 N–H and O–H groups in total. The van der Waals surface area contributed by atoms with Gasteiger partial charge in [-0.25, -0.2) is 9.36 Å². The molecule has 0 aliphatic carbocycles. The molecule has 1 saturated heterocycles. The number of carbonyl (C=O) groups excluding carboxylic acids is 1. The van der Waals surface area contributed by atoms with Gasteiger partial charge < -0.3 is 18.7 Å². The van der Waals surface area contributed by atoms with E-state index in [1.165, 1.54) is 6.08 Å². The Hall–Kier alpha value is -1.70. The van der Waals surface area contributed by atoms with Crippen LogP contribution in [0.4, 0.5) is 0 Å². The molecular formula is C17H24NO7P. The third-order valence-corrected chi connectivity index (χ3v) is 4.71. The van der Waals surface area contributed by atoms with Gasteiger partial charge >= 0.3 is 13.7 Å². The van der Waals surface area contributed by atoms with E-state index in [1.807, 2.05) is 0 Å². The number of nitrogens with one attached hydrogen (secondary N) is 1. The summed E-state index contributed by atoms with van der Waals surface area (Å²) in [6.45, 7) is 7.74. The first-order valence-electron chi connectivity index (χ1n) is 8.25. The second kappa shape index (κ2) is 9.85. The van der Waals surface area contributed by atoms with Gasteiger partial charge in [0.1, 0.15) is 18.4 Å². The number of carbonyl (C=O) groups is 1. The standard InChI is InChI=1S/C17H24NO7P/c1-4-15(17(19)24-13(2)3)18-26(20,23-12-16-21-10-11-22-16)25-14-8-6-5-7-9-14/h4-9,13,15-16H,1,10-12H2,2-3H3,(H,18,20)/t15-,26?/m0/s1. The number of ether oxygens (including phenoxy) is 3. The Labute approximate surface area is 153 Å². The Kier molecular flexibility index (Phi) is 7.81. The van der Waals surface area contributed by atoms with Gasteiger partial charge in [-0.3, -0.25) is 4.52 Å². The second-order valence-electron chi connectivity index (χ2n) is 5.70. The summed E-state index contributed by atoms with van der Waals surface area (Å²) in [4.78, 5) is 12.1. The molecule has 1 heterocycles. The van der Waals surface area contributed by atoms with Gasteiger partial charge in [-0.1, -0.05) is 24.3 Å². The Morgan fingerprint density at radius 1 is 1.35 bits per heavy atom. The van der Waals surface area contributed by atoms with Gasteiger partial charge in [0.25, 0.3) is 0 Å². The summed E-state index contributed by atoms with van der Waals surface area (Å²) in [6.07, 6.45) is 0.300. The van der Waals surface area contributed by atoms with E-state index in [4.69, 9.17) is 23.3 Å². The van der Waals surface area contributed by atoms with E-state index >= 15 is 0 Å². The van der Waals surface area contributed by atoms with E-state index in [0.717, 1.165) is 0 Å². The van der Waals surface area contributed by atoms with Crippen molar-refractivity contribution in [2.75, 3.05) is 19.8 Å². The van der Waals surface area contributed by atoms with Crippen molar-refractivity contribution in [3.05, 3.63) is 43.0 Å². The van der Waals surface area contributed by atoms with E-state index in [9.17, 15) is 9.36 Å². The lowest BCUT2D eigenvalue weighted by molar-refractivity contribution is -0.148. The zero-order valence-electron chi connectivity index (χ0n) is 14.8. The maximum Gasteiger partial charge on any atom is 0.459 e. The first-order valence-corrected chi connectivity index (χ1v) is 9.79. The van der Waals surface area contributed by atoms with Crippen molar-refractivity contribution >= 4 is 13.7 Å². The summed E-state index contributed by atoms with van der Waals surface area (Å²) in [5, 5.41) is 2.57. The van der Waals surface area contributed by atoms with Gasteiger partial charge in [0.2, 0.25) is 0 Å². The Balaban J connectivity index is 2.10. The van der Waals surface area contributed by atoms with Crippen molar-refractivity contribution in [3.8, 4) is 5.75 Å². The largest absolute Gasteiger partial charge is 0.462 e. The molecule has 2 rings (SSSR count). The number of para-hydroxylation sites is 1. The highest BCUT2D eigenvalue weighted by molar-refractivity contribution is 7.52. The molecule has 2 atom stereocenters. The summed E-state index contributed by atoms with van der Waals surface area (Å²) < 4.78 is 39.8. The molecule has 1 unspecified atom stereocenters. The van der Waals surface area contributed by atoms with Crippen molar-refractivity contribution in [3.63, 3.8) is 0 Å². The average molecular weight is 385 g/mol. The Morgan fingerprint density at radius 3 is 2.58 bits per heavy atom. The molecule has 0 spiro atoms. The average Bonchev–Trinajstić information content (AvgIpc) is 3.12. The molecule has 26 heavy (non-hydrogen) atoms. The molecule has 0 aromatic heterocycles. The highest BCUT2D eigenvalue weighted by atomic mass is 31.2. The first-order chi connectivity index (χ1) is 12.4. The molecule has 1 aromatic rings. The van der Waals surface area contributed by atoms with Crippen LogP contribution in [0.1, 0.15) is 13.8 Å². The van der Waals surface area contributed by atoms with Crippen LogP contribution in [0.2, 0.25) is 0 Å². The van der Waals surface area contributed by atoms with Gasteiger partial charge in [-0.15, -0.1) is 6.58 Å². The zero-order chi connectivity index (χ0) is 19.0. The lowest BCUT2D eigenvalue weighted by Crippen LogP contribution is -2.37. The predicted molar refractivity (Wildman–Crippen MR) is 94.7 cm³/mol. The van der Waals surface area contributed by atoms with E-state index in [1.54, 1.807) is 44.2 Å². The first kappa shape index (κ1) is 20.6. The van der Waals surface area contributed by atoms with Crippen LogP contribution in [0, 0.1) is 0 Å². The van der Waals surface area contributed by atoms with Gasteiger partial charge in [-0.05, 0) is 26.0 Å². The van der Waals surface area contributed by atoms with Crippen molar-refractivity contribution in [2.24, 2.45) is 0 Å². The van der Waals surface area contributed by atoms with Crippen LogP contribution >= 0.6 is 7.75 Å². The fourth-order valence-electron chi connectivity index (χ4n) is 2.05. The van der Waals surface area contributed by atoms with Crippen molar-refractivity contribution in [1.82, 2.24) is 5.09 Å².